The van der Waals surface area contributed by atoms with Crippen LogP contribution in [-0.4, -0.2) is 16.3 Å². The van der Waals surface area contributed by atoms with Gasteiger partial charge in [-0.05, 0) is 35.4 Å². The summed E-state index contributed by atoms with van der Waals surface area (Å²) in [5.74, 6) is 0. The third kappa shape index (κ3) is 2.93. The summed E-state index contributed by atoms with van der Waals surface area (Å²) in [6.45, 7) is 3.16. The summed E-state index contributed by atoms with van der Waals surface area (Å²) < 4.78 is 1.84. The van der Waals surface area contributed by atoms with Gasteiger partial charge in [-0.25, -0.2) is 0 Å². The van der Waals surface area contributed by atoms with Crippen molar-refractivity contribution >= 4 is 11.3 Å². The van der Waals surface area contributed by atoms with Gasteiger partial charge in [0.25, 0.3) is 0 Å². The Kier molecular flexibility index (Phi) is 3.74. The number of hydrogen-bond acceptors (Lipinski definition) is 3. The maximum Gasteiger partial charge on any atom is 0.0637 e. The van der Waals surface area contributed by atoms with Crippen LogP contribution in [0.2, 0.25) is 0 Å². The van der Waals surface area contributed by atoms with E-state index in [0.29, 0.717) is 6.04 Å². The average molecular weight is 235 g/mol. The minimum absolute atomic E-state index is 0.426. The first-order valence-electron chi connectivity index (χ1n) is 5.49. The molecule has 0 bridgehead atoms. The minimum Gasteiger partial charge on any atom is -0.310 e. The number of aryl methyl sites for hydroxylation is 1. The lowest BCUT2D eigenvalue weighted by Crippen LogP contribution is -2.21. The molecular weight excluding hydrogens is 218 g/mol. The Morgan fingerprint density at radius 2 is 2.38 bits per heavy atom. The van der Waals surface area contributed by atoms with Crippen LogP contribution in [0.5, 0.6) is 0 Å². The second-order valence-corrected chi connectivity index (χ2v) is 4.74. The van der Waals surface area contributed by atoms with Crippen LogP contribution in [0.1, 0.15) is 24.2 Å². The summed E-state index contributed by atoms with van der Waals surface area (Å²) in [7, 11) is 1.95. The van der Waals surface area contributed by atoms with Gasteiger partial charge >= 0.3 is 0 Å². The molecule has 0 aliphatic heterocycles. The lowest BCUT2D eigenvalue weighted by Gasteiger charge is -2.11. The van der Waals surface area contributed by atoms with Gasteiger partial charge in [0.15, 0.2) is 0 Å². The van der Waals surface area contributed by atoms with Gasteiger partial charge < -0.3 is 5.32 Å². The quantitative estimate of drug-likeness (QED) is 0.862. The summed E-state index contributed by atoms with van der Waals surface area (Å²) in [5.41, 5.74) is 2.51. The highest BCUT2D eigenvalue weighted by Crippen LogP contribution is 2.15. The molecule has 1 N–H and O–H groups in total. The van der Waals surface area contributed by atoms with Crippen LogP contribution in [0.3, 0.4) is 0 Å². The SMILES string of the molecule is CC(NCCc1ccn(C)n1)c1ccsc1. The van der Waals surface area contributed by atoms with Crippen molar-refractivity contribution in [3.63, 3.8) is 0 Å². The highest BCUT2D eigenvalue weighted by Gasteiger charge is 2.04. The lowest BCUT2D eigenvalue weighted by molar-refractivity contribution is 0.572. The van der Waals surface area contributed by atoms with E-state index in [4.69, 9.17) is 0 Å². The fourth-order valence-corrected chi connectivity index (χ4v) is 2.41. The van der Waals surface area contributed by atoms with Gasteiger partial charge in [-0.3, -0.25) is 4.68 Å². The first kappa shape index (κ1) is 11.4. The van der Waals surface area contributed by atoms with E-state index in [1.54, 1.807) is 11.3 Å². The molecule has 86 valence electrons. The van der Waals surface area contributed by atoms with E-state index in [-0.39, 0.29) is 0 Å². The molecule has 3 nitrogen and oxygen atoms in total. The summed E-state index contributed by atoms with van der Waals surface area (Å²) in [4.78, 5) is 0. The van der Waals surface area contributed by atoms with Crippen LogP contribution in [0.4, 0.5) is 0 Å². The van der Waals surface area contributed by atoms with Crippen LogP contribution in [-0.2, 0) is 13.5 Å². The fourth-order valence-electron chi connectivity index (χ4n) is 1.65. The summed E-state index contributed by atoms with van der Waals surface area (Å²) in [6.07, 6.45) is 2.97. The zero-order valence-electron chi connectivity index (χ0n) is 9.68. The normalized spacial score (nSPS) is 12.9. The number of nitrogens with one attached hydrogen (secondary N) is 1. The molecule has 0 amide bonds. The Morgan fingerprint density at radius 3 is 3.00 bits per heavy atom. The number of hydrogen-bond donors (Lipinski definition) is 1. The summed E-state index contributed by atoms with van der Waals surface area (Å²) in [6, 6.07) is 4.66. The molecule has 0 aliphatic carbocycles. The molecule has 4 heteroatoms. The zero-order chi connectivity index (χ0) is 11.4. The van der Waals surface area contributed by atoms with Crippen molar-refractivity contribution in [3.8, 4) is 0 Å². The van der Waals surface area contributed by atoms with Crippen LogP contribution in [0, 0.1) is 0 Å². The van der Waals surface area contributed by atoms with Crippen molar-refractivity contribution < 1.29 is 0 Å². The largest absolute Gasteiger partial charge is 0.310 e. The molecule has 0 radical (unpaired) electrons. The first-order chi connectivity index (χ1) is 7.75. The Hall–Kier alpha value is -1.13. The number of thiophene rings is 1. The Labute approximate surface area is 100 Å². The topological polar surface area (TPSA) is 29.9 Å². The second-order valence-electron chi connectivity index (χ2n) is 3.96. The van der Waals surface area contributed by atoms with Gasteiger partial charge in [-0.15, -0.1) is 0 Å². The first-order valence-corrected chi connectivity index (χ1v) is 6.44. The van der Waals surface area contributed by atoms with Gasteiger partial charge in [0.2, 0.25) is 0 Å². The van der Waals surface area contributed by atoms with E-state index < -0.39 is 0 Å². The molecule has 2 aromatic rings. The summed E-state index contributed by atoms with van der Waals surface area (Å²) >= 11 is 1.75. The van der Waals surface area contributed by atoms with Crippen molar-refractivity contribution in [2.75, 3.05) is 6.54 Å². The highest BCUT2D eigenvalue weighted by atomic mass is 32.1. The Bertz CT molecular complexity index is 419. The molecule has 0 saturated carbocycles. The van der Waals surface area contributed by atoms with E-state index in [9.17, 15) is 0 Å². The van der Waals surface area contributed by atoms with Crippen molar-refractivity contribution in [2.24, 2.45) is 7.05 Å². The molecule has 0 saturated heterocycles. The standard InChI is InChI=1S/C12H17N3S/c1-10(11-5-8-16-9-11)13-6-3-12-4-7-15(2)14-12/h4-5,7-10,13H,3,6H2,1-2H3. The molecule has 1 atom stereocenters. The second kappa shape index (κ2) is 5.27. The van der Waals surface area contributed by atoms with Gasteiger partial charge in [-0.2, -0.15) is 16.4 Å². The Morgan fingerprint density at radius 1 is 1.50 bits per heavy atom. The van der Waals surface area contributed by atoms with Crippen LogP contribution in [0.15, 0.2) is 29.1 Å². The van der Waals surface area contributed by atoms with Crippen molar-refractivity contribution in [3.05, 3.63) is 40.3 Å². The Balaban J connectivity index is 1.76. The van der Waals surface area contributed by atoms with Crippen LogP contribution in [0.25, 0.3) is 0 Å². The number of nitrogens with zero attached hydrogens (tertiary/aromatic N) is 2. The molecule has 0 aromatic carbocycles. The van der Waals surface area contributed by atoms with Crippen molar-refractivity contribution in [1.29, 1.82) is 0 Å². The van der Waals surface area contributed by atoms with Gasteiger partial charge in [0.1, 0.15) is 0 Å². The zero-order valence-corrected chi connectivity index (χ0v) is 10.5. The molecule has 0 fully saturated rings. The lowest BCUT2D eigenvalue weighted by atomic mass is 10.2. The van der Waals surface area contributed by atoms with E-state index >= 15 is 0 Å². The molecule has 16 heavy (non-hydrogen) atoms. The fraction of sp³-hybridized carbons (Fsp3) is 0.417. The van der Waals surface area contributed by atoms with E-state index in [1.807, 2.05) is 17.9 Å². The smallest absolute Gasteiger partial charge is 0.0637 e. The monoisotopic (exact) mass is 235 g/mol. The number of aromatic nitrogens is 2. The minimum atomic E-state index is 0.426. The molecule has 1 unspecified atom stereocenters. The van der Waals surface area contributed by atoms with Gasteiger partial charge in [-0.1, -0.05) is 0 Å². The predicted molar refractivity (Wildman–Crippen MR) is 67.6 cm³/mol. The van der Waals surface area contributed by atoms with Gasteiger partial charge in [0.05, 0.1) is 5.69 Å². The predicted octanol–water partition coefficient (Wildman–Crippen LogP) is 2.37. The molecular formula is C12H17N3S. The highest BCUT2D eigenvalue weighted by molar-refractivity contribution is 7.07. The average Bonchev–Trinajstić information content (AvgIpc) is 2.89. The molecule has 0 spiro atoms. The van der Waals surface area contributed by atoms with Crippen LogP contribution < -0.4 is 5.32 Å². The number of rotatable bonds is 5. The van der Waals surface area contributed by atoms with E-state index in [2.05, 4.69) is 40.2 Å². The maximum absolute atomic E-state index is 4.35. The van der Waals surface area contributed by atoms with Crippen LogP contribution >= 0.6 is 11.3 Å². The van der Waals surface area contributed by atoms with Crippen molar-refractivity contribution in [2.45, 2.75) is 19.4 Å². The third-order valence-electron chi connectivity index (χ3n) is 2.64. The van der Waals surface area contributed by atoms with E-state index in [1.165, 1.54) is 5.56 Å². The molecule has 0 aliphatic rings. The van der Waals surface area contributed by atoms with Crippen molar-refractivity contribution in [1.82, 2.24) is 15.1 Å². The molecule has 2 heterocycles. The van der Waals surface area contributed by atoms with E-state index in [0.717, 1.165) is 18.7 Å². The van der Waals surface area contributed by atoms with Gasteiger partial charge in [0, 0.05) is 32.3 Å². The molecule has 2 aromatic heterocycles. The summed E-state index contributed by atoms with van der Waals surface area (Å²) in [5, 5.41) is 12.2. The molecule has 2 rings (SSSR count). The maximum atomic E-state index is 4.35. The third-order valence-corrected chi connectivity index (χ3v) is 3.35.